The van der Waals surface area contributed by atoms with E-state index < -0.39 is 29.9 Å². The number of Topliss-reactive ketones (excluding diaryl/α,β-unsaturated/α-hetero) is 1. The fourth-order valence-electron chi connectivity index (χ4n) is 2.23. The molecule has 122 valence electrons. The first kappa shape index (κ1) is 18.0. The van der Waals surface area contributed by atoms with Crippen molar-refractivity contribution in [3.63, 3.8) is 0 Å². The fraction of sp³-hybridized carbons (Fsp3) is 0.643. The molecule has 0 atom stereocenters. The summed E-state index contributed by atoms with van der Waals surface area (Å²) in [5, 5.41) is 9.08. The second-order valence-electron chi connectivity index (χ2n) is 5.69. The van der Waals surface area contributed by atoms with Gasteiger partial charge in [0.2, 0.25) is 0 Å². The summed E-state index contributed by atoms with van der Waals surface area (Å²) >= 11 is 0. The minimum Gasteiger partial charge on any atom is -0.449 e. The van der Waals surface area contributed by atoms with E-state index in [2.05, 4.69) is 4.74 Å². The molecule has 1 aliphatic rings. The molecule has 1 rings (SSSR count). The molecule has 0 saturated carbocycles. The maximum atomic E-state index is 13.3. The van der Waals surface area contributed by atoms with Gasteiger partial charge in [0.25, 0.3) is 5.92 Å². The summed E-state index contributed by atoms with van der Waals surface area (Å²) in [6.45, 7) is 2.88. The Hall–Kier alpha value is -2.01. The number of ketones is 1. The number of alkyl halides is 2. The van der Waals surface area contributed by atoms with Crippen LogP contribution in [0.3, 0.4) is 0 Å². The first-order valence-electron chi connectivity index (χ1n) is 6.79. The third-order valence-electron chi connectivity index (χ3n) is 3.48. The van der Waals surface area contributed by atoms with Crippen LogP contribution in [0, 0.1) is 11.3 Å². The predicted octanol–water partition coefficient (Wildman–Crippen LogP) is 1.61. The maximum absolute atomic E-state index is 13.3. The van der Waals surface area contributed by atoms with Crippen molar-refractivity contribution < 1.29 is 23.1 Å². The predicted molar refractivity (Wildman–Crippen MR) is 74.1 cm³/mol. The van der Waals surface area contributed by atoms with Crippen molar-refractivity contribution >= 4 is 11.9 Å². The molecule has 0 aliphatic carbocycles. The second kappa shape index (κ2) is 6.83. The number of carbonyl (C=O) groups excluding carboxylic acids is 2. The normalized spacial score (nSPS) is 18.8. The zero-order valence-electron chi connectivity index (χ0n) is 12.6. The lowest BCUT2D eigenvalue weighted by Crippen LogP contribution is -2.42. The van der Waals surface area contributed by atoms with Crippen LogP contribution in [0.5, 0.6) is 0 Å². The summed E-state index contributed by atoms with van der Waals surface area (Å²) in [5.41, 5.74) is 3.77. The molecular weight excluding hydrogens is 296 g/mol. The molecule has 1 fully saturated rings. The smallest absolute Gasteiger partial charge is 0.404 e. The lowest BCUT2D eigenvalue weighted by atomic mass is 9.97. The van der Waals surface area contributed by atoms with Crippen molar-refractivity contribution in [2.24, 2.45) is 5.73 Å². The Morgan fingerprint density at radius 1 is 1.50 bits per heavy atom. The van der Waals surface area contributed by atoms with E-state index in [4.69, 9.17) is 11.0 Å². The first-order chi connectivity index (χ1) is 10.1. The molecule has 1 aliphatic heterocycles. The van der Waals surface area contributed by atoms with Gasteiger partial charge in [-0.05, 0) is 19.9 Å². The van der Waals surface area contributed by atoms with Crippen LogP contribution in [-0.4, -0.2) is 47.9 Å². The summed E-state index contributed by atoms with van der Waals surface area (Å²) in [6.07, 6.45) is -0.0582. The van der Waals surface area contributed by atoms with Gasteiger partial charge in [-0.15, -0.1) is 0 Å². The Morgan fingerprint density at radius 2 is 2.14 bits per heavy atom. The van der Waals surface area contributed by atoms with Crippen LogP contribution >= 0.6 is 0 Å². The Balaban J connectivity index is 2.76. The lowest BCUT2D eigenvalue weighted by Gasteiger charge is -2.32. The van der Waals surface area contributed by atoms with E-state index in [9.17, 15) is 18.4 Å². The summed E-state index contributed by atoms with van der Waals surface area (Å²) in [6, 6.07) is 1.77. The van der Waals surface area contributed by atoms with Crippen molar-refractivity contribution in [1.29, 1.82) is 5.26 Å². The number of ether oxygens (including phenoxy) is 1. The molecule has 2 N–H and O–H groups in total. The van der Waals surface area contributed by atoms with Gasteiger partial charge in [-0.1, -0.05) is 0 Å². The van der Waals surface area contributed by atoms with Gasteiger partial charge in [0.05, 0.1) is 12.1 Å². The van der Waals surface area contributed by atoms with Crippen LogP contribution < -0.4 is 5.73 Å². The van der Waals surface area contributed by atoms with E-state index in [-0.39, 0.29) is 31.6 Å². The number of likely N-dealkylation sites (tertiary alicyclic amines) is 1. The number of halogens is 2. The highest BCUT2D eigenvalue weighted by molar-refractivity contribution is 5.99. The van der Waals surface area contributed by atoms with E-state index in [1.54, 1.807) is 19.9 Å². The third-order valence-corrected chi connectivity index (χ3v) is 3.48. The third kappa shape index (κ3) is 5.07. The number of amides is 1. The van der Waals surface area contributed by atoms with Crippen molar-refractivity contribution in [3.8, 4) is 6.07 Å². The number of primary amides is 1. The van der Waals surface area contributed by atoms with E-state index in [0.29, 0.717) is 0 Å². The van der Waals surface area contributed by atoms with Gasteiger partial charge in [0.1, 0.15) is 12.7 Å². The number of nitriles is 1. The largest absolute Gasteiger partial charge is 0.449 e. The van der Waals surface area contributed by atoms with Gasteiger partial charge >= 0.3 is 6.09 Å². The van der Waals surface area contributed by atoms with E-state index in [1.165, 1.54) is 11.0 Å². The van der Waals surface area contributed by atoms with E-state index >= 15 is 0 Å². The Kier molecular flexibility index (Phi) is 5.60. The molecule has 22 heavy (non-hydrogen) atoms. The number of allylic oxidation sites excluding steroid dienone is 1. The minimum atomic E-state index is -2.75. The van der Waals surface area contributed by atoms with Gasteiger partial charge in [-0.25, -0.2) is 13.6 Å². The average Bonchev–Trinajstić information content (AvgIpc) is 2.76. The van der Waals surface area contributed by atoms with E-state index in [0.717, 1.165) is 0 Å². The molecule has 8 heteroatoms. The van der Waals surface area contributed by atoms with Crippen LogP contribution in [0.4, 0.5) is 13.6 Å². The molecule has 0 bridgehead atoms. The van der Waals surface area contributed by atoms with Crippen LogP contribution in [0.15, 0.2) is 11.6 Å². The quantitative estimate of drug-likeness (QED) is 0.593. The summed E-state index contributed by atoms with van der Waals surface area (Å²) in [7, 11) is 0. The average molecular weight is 315 g/mol. The SMILES string of the molecule is CC(C)(C=C(C#N)C(=O)CCOC(N)=O)N1CCC(F)(F)C1. The zero-order valence-corrected chi connectivity index (χ0v) is 12.6. The molecule has 0 radical (unpaired) electrons. The highest BCUT2D eigenvalue weighted by Gasteiger charge is 2.43. The molecule has 1 heterocycles. The second-order valence-corrected chi connectivity index (χ2v) is 5.69. The van der Waals surface area contributed by atoms with Gasteiger partial charge in [-0.3, -0.25) is 9.69 Å². The molecule has 0 aromatic rings. The number of nitrogens with zero attached hydrogens (tertiary/aromatic N) is 2. The summed E-state index contributed by atoms with van der Waals surface area (Å²) in [4.78, 5) is 23.8. The molecule has 6 nitrogen and oxygen atoms in total. The van der Waals surface area contributed by atoms with Crippen molar-refractivity contribution in [2.45, 2.75) is 38.2 Å². The van der Waals surface area contributed by atoms with Crippen LogP contribution in [0.1, 0.15) is 26.7 Å². The van der Waals surface area contributed by atoms with Crippen LogP contribution in [0.25, 0.3) is 0 Å². The standard InChI is InChI=1S/C14H19F2N3O3/c1-13(2,19-5-4-14(15,16)9-19)7-10(8-17)11(20)3-6-22-12(18)21/h7H,3-6,9H2,1-2H3,(H2,18,21). The molecule has 0 aromatic carbocycles. The van der Waals surface area contributed by atoms with Crippen LogP contribution in [-0.2, 0) is 9.53 Å². The number of carbonyl (C=O) groups is 2. The molecule has 0 aromatic heterocycles. The molecular formula is C14H19F2N3O3. The maximum Gasteiger partial charge on any atom is 0.404 e. The topological polar surface area (TPSA) is 96.4 Å². The van der Waals surface area contributed by atoms with Gasteiger partial charge < -0.3 is 10.5 Å². The van der Waals surface area contributed by atoms with E-state index in [1.807, 2.05) is 0 Å². The molecule has 1 amide bonds. The number of rotatable bonds is 6. The summed E-state index contributed by atoms with van der Waals surface area (Å²) in [5.74, 6) is -3.28. The Morgan fingerprint density at radius 3 is 2.59 bits per heavy atom. The number of nitrogens with two attached hydrogens (primary N) is 1. The summed E-state index contributed by atoms with van der Waals surface area (Å²) < 4.78 is 31.0. The van der Waals surface area contributed by atoms with Crippen molar-refractivity contribution in [3.05, 3.63) is 11.6 Å². The molecule has 0 spiro atoms. The molecule has 1 saturated heterocycles. The zero-order chi connectivity index (χ0) is 17.0. The minimum absolute atomic E-state index is 0.145. The Bertz CT molecular complexity index is 524. The van der Waals surface area contributed by atoms with Gasteiger partial charge in [0, 0.05) is 24.9 Å². The van der Waals surface area contributed by atoms with Gasteiger partial charge in [0.15, 0.2) is 5.78 Å². The fourth-order valence-corrected chi connectivity index (χ4v) is 2.23. The monoisotopic (exact) mass is 315 g/mol. The van der Waals surface area contributed by atoms with Crippen molar-refractivity contribution in [2.75, 3.05) is 19.7 Å². The number of hydrogen-bond donors (Lipinski definition) is 1. The van der Waals surface area contributed by atoms with Gasteiger partial charge in [-0.2, -0.15) is 5.26 Å². The van der Waals surface area contributed by atoms with Crippen LogP contribution in [0.2, 0.25) is 0 Å². The molecule has 0 unspecified atom stereocenters. The highest BCUT2D eigenvalue weighted by atomic mass is 19.3. The van der Waals surface area contributed by atoms with Crippen molar-refractivity contribution in [1.82, 2.24) is 4.90 Å². The first-order valence-corrected chi connectivity index (χ1v) is 6.79. The Labute approximate surface area is 127 Å². The highest BCUT2D eigenvalue weighted by Crippen LogP contribution is 2.32. The lowest BCUT2D eigenvalue weighted by molar-refractivity contribution is -0.115. The number of hydrogen-bond acceptors (Lipinski definition) is 5.